The van der Waals surface area contributed by atoms with Crippen LogP contribution in [0.15, 0.2) is 48.5 Å². The van der Waals surface area contributed by atoms with Gasteiger partial charge in [0.05, 0.1) is 6.10 Å². The molecule has 0 aliphatic carbocycles. The first-order valence-corrected chi connectivity index (χ1v) is 8.35. The molecule has 146 valence electrons. The van der Waals surface area contributed by atoms with Crippen LogP contribution in [-0.4, -0.2) is 22.6 Å². The monoisotopic (exact) mass is 383 g/mol. The van der Waals surface area contributed by atoms with Gasteiger partial charge in [-0.25, -0.2) is 5.48 Å². The van der Waals surface area contributed by atoms with Gasteiger partial charge in [-0.15, -0.1) is 13.2 Å². The van der Waals surface area contributed by atoms with Gasteiger partial charge in [-0.2, -0.15) is 0 Å². The fourth-order valence-electron chi connectivity index (χ4n) is 2.59. The van der Waals surface area contributed by atoms with Gasteiger partial charge in [0, 0.05) is 6.42 Å². The zero-order valence-electron chi connectivity index (χ0n) is 14.4. The number of carbonyl (C=O) groups excluding carboxylic acids is 1. The summed E-state index contributed by atoms with van der Waals surface area (Å²) in [5, 5.41) is 18.6. The lowest BCUT2D eigenvalue weighted by Crippen LogP contribution is -2.17. The van der Waals surface area contributed by atoms with Crippen LogP contribution in [-0.2, 0) is 4.79 Å². The molecule has 0 saturated heterocycles. The smallest absolute Gasteiger partial charge is 0.406 e. The van der Waals surface area contributed by atoms with Crippen molar-refractivity contribution in [3.63, 3.8) is 0 Å². The Kier molecular flexibility index (Phi) is 7.20. The van der Waals surface area contributed by atoms with Crippen LogP contribution in [0.4, 0.5) is 13.2 Å². The normalized spacial score (nSPS) is 12.5. The molecule has 0 spiro atoms. The Labute approximate surface area is 154 Å². The molecule has 5 nitrogen and oxygen atoms in total. The Bertz CT molecular complexity index is 730. The number of hydrogen-bond donors (Lipinski definition) is 3. The molecule has 0 saturated carbocycles. The second kappa shape index (κ2) is 9.38. The third-order valence-corrected chi connectivity index (χ3v) is 3.97. The lowest BCUT2D eigenvalue weighted by Gasteiger charge is -2.12. The van der Waals surface area contributed by atoms with Gasteiger partial charge in [0.2, 0.25) is 5.91 Å². The molecule has 1 amide bonds. The van der Waals surface area contributed by atoms with Crippen LogP contribution < -0.4 is 10.2 Å². The highest BCUT2D eigenvalue weighted by Gasteiger charge is 2.30. The van der Waals surface area contributed by atoms with Crippen LogP contribution in [0.1, 0.15) is 37.4 Å². The van der Waals surface area contributed by atoms with Crippen molar-refractivity contribution in [3.05, 3.63) is 54.1 Å². The fraction of sp³-hybridized carbons (Fsp3) is 0.316. The molecule has 27 heavy (non-hydrogen) atoms. The molecule has 2 aromatic carbocycles. The van der Waals surface area contributed by atoms with Crippen LogP contribution in [0, 0.1) is 0 Å². The minimum atomic E-state index is -4.72. The summed E-state index contributed by atoms with van der Waals surface area (Å²) >= 11 is 0. The first-order valence-electron chi connectivity index (χ1n) is 8.35. The van der Waals surface area contributed by atoms with E-state index in [1.165, 1.54) is 24.3 Å². The molecule has 1 atom stereocenters. The maximum atomic E-state index is 12.2. The van der Waals surface area contributed by atoms with Crippen molar-refractivity contribution < 1.29 is 33.0 Å². The van der Waals surface area contributed by atoms with E-state index in [1.807, 2.05) is 0 Å². The van der Waals surface area contributed by atoms with Gasteiger partial charge >= 0.3 is 6.36 Å². The first-order chi connectivity index (χ1) is 12.8. The van der Waals surface area contributed by atoms with Gasteiger partial charge in [0.1, 0.15) is 5.75 Å². The number of alkyl halides is 3. The van der Waals surface area contributed by atoms with Crippen LogP contribution >= 0.6 is 0 Å². The Hall–Kier alpha value is -2.58. The lowest BCUT2D eigenvalue weighted by atomic mass is 9.99. The fourth-order valence-corrected chi connectivity index (χ4v) is 2.59. The Balaban J connectivity index is 1.91. The van der Waals surface area contributed by atoms with E-state index in [-0.39, 0.29) is 12.2 Å². The number of aliphatic hydroxyl groups excluding tert-OH is 1. The summed E-state index contributed by atoms with van der Waals surface area (Å²) in [6, 6.07) is 12.6. The van der Waals surface area contributed by atoms with Crippen molar-refractivity contribution in [1.29, 1.82) is 0 Å². The highest BCUT2D eigenvalue weighted by atomic mass is 19.4. The molecule has 0 unspecified atom stereocenters. The zero-order valence-corrected chi connectivity index (χ0v) is 14.4. The molecule has 2 aromatic rings. The SMILES string of the molecule is O=C(CCCC[C@@H](O)c1ccc(-c2ccc(OC(F)(F)F)cc2)cc1)NO. The highest BCUT2D eigenvalue weighted by molar-refractivity contribution is 5.74. The Morgan fingerprint density at radius 3 is 2.07 bits per heavy atom. The van der Waals surface area contributed by atoms with Gasteiger partial charge in [0.25, 0.3) is 0 Å². The number of carbonyl (C=O) groups is 1. The number of hydroxylamine groups is 1. The molecule has 0 aliphatic heterocycles. The van der Waals surface area contributed by atoms with E-state index in [9.17, 15) is 23.1 Å². The average Bonchev–Trinajstić information content (AvgIpc) is 2.64. The van der Waals surface area contributed by atoms with Gasteiger partial charge in [0.15, 0.2) is 0 Å². The van der Waals surface area contributed by atoms with Crippen molar-refractivity contribution in [3.8, 4) is 16.9 Å². The summed E-state index contributed by atoms with van der Waals surface area (Å²) < 4.78 is 40.4. The van der Waals surface area contributed by atoms with Crippen LogP contribution in [0.2, 0.25) is 0 Å². The third kappa shape index (κ3) is 6.92. The van der Waals surface area contributed by atoms with Crippen LogP contribution in [0.3, 0.4) is 0 Å². The van der Waals surface area contributed by atoms with E-state index < -0.39 is 18.4 Å². The minimum Gasteiger partial charge on any atom is -0.406 e. The number of aliphatic hydroxyl groups is 1. The van der Waals surface area contributed by atoms with Crippen LogP contribution in [0.5, 0.6) is 5.75 Å². The molecule has 2 rings (SSSR count). The number of halogens is 3. The van der Waals surface area contributed by atoms with E-state index in [0.29, 0.717) is 24.8 Å². The molecule has 0 heterocycles. The molecule has 0 aliphatic rings. The summed E-state index contributed by atoms with van der Waals surface area (Å²) in [6.07, 6.45) is -3.57. The minimum absolute atomic E-state index is 0.191. The molecule has 0 aromatic heterocycles. The number of rotatable bonds is 8. The number of ether oxygens (including phenoxy) is 1. The lowest BCUT2D eigenvalue weighted by molar-refractivity contribution is -0.274. The second-order valence-electron chi connectivity index (χ2n) is 5.99. The van der Waals surface area contributed by atoms with Crippen molar-refractivity contribution in [2.45, 2.75) is 38.1 Å². The van der Waals surface area contributed by atoms with Gasteiger partial charge in [-0.05, 0) is 41.7 Å². The van der Waals surface area contributed by atoms with Crippen molar-refractivity contribution in [1.82, 2.24) is 5.48 Å². The quantitative estimate of drug-likeness (QED) is 0.360. The summed E-state index contributed by atoms with van der Waals surface area (Å²) in [6.45, 7) is 0. The molecule has 8 heteroatoms. The molecule has 3 N–H and O–H groups in total. The van der Waals surface area contributed by atoms with Crippen molar-refractivity contribution in [2.75, 3.05) is 0 Å². The van der Waals surface area contributed by atoms with Gasteiger partial charge in [-0.1, -0.05) is 42.8 Å². The van der Waals surface area contributed by atoms with Crippen LogP contribution in [0.25, 0.3) is 11.1 Å². The largest absolute Gasteiger partial charge is 0.573 e. The van der Waals surface area contributed by atoms with Crippen molar-refractivity contribution in [2.24, 2.45) is 0 Å². The van der Waals surface area contributed by atoms with E-state index >= 15 is 0 Å². The maximum absolute atomic E-state index is 12.2. The number of hydrogen-bond acceptors (Lipinski definition) is 4. The zero-order chi connectivity index (χ0) is 19.9. The summed E-state index contributed by atoms with van der Waals surface area (Å²) in [7, 11) is 0. The van der Waals surface area contributed by atoms with E-state index in [2.05, 4.69) is 4.74 Å². The Morgan fingerprint density at radius 2 is 1.56 bits per heavy atom. The van der Waals surface area contributed by atoms with E-state index in [4.69, 9.17) is 5.21 Å². The number of unbranched alkanes of at least 4 members (excludes halogenated alkanes) is 1. The molecular formula is C19H20F3NO4. The first kappa shape index (κ1) is 20.7. The van der Waals surface area contributed by atoms with Gasteiger partial charge < -0.3 is 9.84 Å². The van der Waals surface area contributed by atoms with Crippen molar-refractivity contribution >= 4 is 5.91 Å². The Morgan fingerprint density at radius 1 is 1.00 bits per heavy atom. The average molecular weight is 383 g/mol. The predicted molar refractivity (Wildman–Crippen MR) is 91.9 cm³/mol. The predicted octanol–water partition coefficient (Wildman–Crippen LogP) is 4.35. The third-order valence-electron chi connectivity index (χ3n) is 3.97. The standard InChI is InChI=1S/C19H20F3NO4/c20-19(21,22)27-16-11-9-14(10-12-16)13-5-7-15(8-6-13)17(24)3-1-2-4-18(25)23-26/h5-12,17,24,26H,1-4H2,(H,23,25)/t17-/m1/s1. The summed E-state index contributed by atoms with van der Waals surface area (Å²) in [5.74, 6) is -0.742. The van der Waals surface area contributed by atoms with E-state index in [1.54, 1.807) is 29.7 Å². The summed E-state index contributed by atoms with van der Waals surface area (Å²) in [4.78, 5) is 10.9. The maximum Gasteiger partial charge on any atom is 0.573 e. The van der Waals surface area contributed by atoms with Gasteiger partial charge in [-0.3, -0.25) is 10.0 Å². The molecule has 0 fully saturated rings. The molecular weight excluding hydrogens is 363 g/mol. The summed E-state index contributed by atoms with van der Waals surface area (Å²) in [5.41, 5.74) is 3.78. The molecule has 0 radical (unpaired) electrons. The second-order valence-corrected chi connectivity index (χ2v) is 5.99. The number of amides is 1. The number of nitrogens with one attached hydrogen (secondary N) is 1. The highest BCUT2D eigenvalue weighted by Crippen LogP contribution is 2.28. The number of benzene rings is 2. The molecule has 0 bridgehead atoms. The van der Waals surface area contributed by atoms with E-state index in [0.717, 1.165) is 11.1 Å². The topological polar surface area (TPSA) is 78.8 Å².